The number of nitrogen functional groups attached to an aromatic ring is 1. The van der Waals surface area contributed by atoms with E-state index in [1.54, 1.807) is 14.2 Å². The predicted octanol–water partition coefficient (Wildman–Crippen LogP) is 4.46. The van der Waals surface area contributed by atoms with E-state index in [2.05, 4.69) is 68.8 Å². The summed E-state index contributed by atoms with van der Waals surface area (Å²) in [4.78, 5) is 26.7. The van der Waals surface area contributed by atoms with Crippen molar-refractivity contribution in [3.05, 3.63) is 76.1 Å². The van der Waals surface area contributed by atoms with Gasteiger partial charge in [-0.25, -0.2) is 9.97 Å². The zero-order valence-corrected chi connectivity index (χ0v) is 23.9. The predicted molar refractivity (Wildman–Crippen MR) is 154 cm³/mol. The number of hydrogen-bond acceptors (Lipinski definition) is 8. The van der Waals surface area contributed by atoms with E-state index in [1.807, 2.05) is 32.0 Å². The lowest BCUT2D eigenvalue weighted by atomic mass is 10.1. The number of aromatic amines is 1. The van der Waals surface area contributed by atoms with Gasteiger partial charge in [0.2, 0.25) is 5.95 Å². The van der Waals surface area contributed by atoms with Crippen LogP contribution >= 0.6 is 0 Å². The third-order valence-electron chi connectivity index (χ3n) is 5.42. The monoisotopic (exact) mass is 536 g/mol. The molecule has 1 aromatic carbocycles. The van der Waals surface area contributed by atoms with Gasteiger partial charge in [0.05, 0.1) is 26.2 Å². The molecule has 210 valence electrons. The number of methoxy groups -OCH3 is 2. The van der Waals surface area contributed by atoms with Crippen LogP contribution in [0.4, 0.5) is 5.95 Å². The molecule has 0 fully saturated rings. The van der Waals surface area contributed by atoms with E-state index in [9.17, 15) is 4.79 Å². The summed E-state index contributed by atoms with van der Waals surface area (Å²) in [6, 6.07) is 6.87. The number of imidazole rings is 1. The van der Waals surface area contributed by atoms with Gasteiger partial charge in [-0.3, -0.25) is 4.79 Å². The quantitative estimate of drug-likeness (QED) is 0.320. The van der Waals surface area contributed by atoms with Gasteiger partial charge in [-0.05, 0) is 30.5 Å². The first-order chi connectivity index (χ1) is 18.9. The highest BCUT2D eigenvalue weighted by atomic mass is 16.5. The molecule has 0 saturated heterocycles. The largest absolute Gasteiger partial charge is 0.493 e. The number of H-pyrrole nitrogens is 1. The molecule has 0 aliphatic carbocycles. The standard InChI is InChI=1S/C15H16N6O3.C11H18N2.C2H6/c1-23-10-4-3-9(5-11(10)24-2)6-13-19-15(16)20-21(13)12-7-14(22)18-8-17-12;1-4-7-8-13-9-10(5-2)12-11(13)6-3;1-2/h3-5,7-8H,6H2,1-2H3,(H2,16,20)(H,17,18,22);7-9H,4-6H2,1-3H3;1-2H3/b;8-7-;. The van der Waals surface area contributed by atoms with Crippen LogP contribution in [0.3, 0.4) is 0 Å². The van der Waals surface area contributed by atoms with Crippen molar-refractivity contribution < 1.29 is 9.47 Å². The van der Waals surface area contributed by atoms with E-state index in [0.29, 0.717) is 29.6 Å². The van der Waals surface area contributed by atoms with Crippen molar-refractivity contribution in [1.29, 1.82) is 0 Å². The minimum Gasteiger partial charge on any atom is -0.493 e. The van der Waals surface area contributed by atoms with E-state index in [0.717, 1.165) is 30.7 Å². The summed E-state index contributed by atoms with van der Waals surface area (Å²) >= 11 is 0. The maximum Gasteiger partial charge on any atom is 0.252 e. The Morgan fingerprint density at radius 1 is 1.00 bits per heavy atom. The van der Waals surface area contributed by atoms with Crippen molar-refractivity contribution in [2.75, 3.05) is 20.0 Å². The molecule has 0 bridgehead atoms. The SMILES string of the molecule is CC.CC/C=C\n1cc(CC)nc1CC.COc1ccc(Cc2nc(N)nn2-c2cc(=O)[nH]cn2)cc1OC. The highest BCUT2D eigenvalue weighted by Crippen LogP contribution is 2.28. The summed E-state index contributed by atoms with van der Waals surface area (Å²) in [5.41, 5.74) is 7.52. The molecule has 3 aromatic heterocycles. The Morgan fingerprint density at radius 2 is 1.74 bits per heavy atom. The van der Waals surface area contributed by atoms with E-state index in [4.69, 9.17) is 15.2 Å². The normalized spacial score (nSPS) is 10.4. The molecule has 0 saturated carbocycles. The second-order valence-corrected chi connectivity index (χ2v) is 7.99. The molecule has 0 radical (unpaired) electrons. The maximum absolute atomic E-state index is 11.5. The number of anilines is 1. The van der Waals surface area contributed by atoms with Crippen molar-refractivity contribution in [3.63, 3.8) is 0 Å². The van der Waals surface area contributed by atoms with Gasteiger partial charge in [0.25, 0.3) is 5.56 Å². The Bertz CT molecular complexity index is 1390. The van der Waals surface area contributed by atoms with E-state index in [1.165, 1.54) is 22.8 Å². The molecule has 11 nitrogen and oxygen atoms in total. The first-order valence-electron chi connectivity index (χ1n) is 13.1. The first kappa shape index (κ1) is 30.8. The van der Waals surface area contributed by atoms with Crippen LogP contribution in [0, 0.1) is 0 Å². The van der Waals surface area contributed by atoms with Crippen LogP contribution in [0.2, 0.25) is 0 Å². The summed E-state index contributed by atoms with van der Waals surface area (Å²) in [7, 11) is 3.15. The summed E-state index contributed by atoms with van der Waals surface area (Å²) in [5, 5.41) is 4.11. The first-order valence-corrected chi connectivity index (χ1v) is 13.1. The van der Waals surface area contributed by atoms with E-state index < -0.39 is 0 Å². The maximum atomic E-state index is 11.5. The zero-order chi connectivity index (χ0) is 28.8. The molecule has 3 N–H and O–H groups in total. The van der Waals surface area contributed by atoms with Crippen LogP contribution in [-0.4, -0.2) is 48.5 Å². The number of nitrogens with one attached hydrogen (secondary N) is 1. The Balaban J connectivity index is 0.000000301. The van der Waals surface area contributed by atoms with Gasteiger partial charge in [0, 0.05) is 31.3 Å². The summed E-state index contributed by atoms with van der Waals surface area (Å²) in [6.45, 7) is 10.4. The number of hydrogen-bond donors (Lipinski definition) is 2. The second-order valence-electron chi connectivity index (χ2n) is 7.99. The Labute approximate surface area is 229 Å². The van der Waals surface area contributed by atoms with Gasteiger partial charge in [-0.2, -0.15) is 9.67 Å². The minimum absolute atomic E-state index is 0.104. The molecule has 3 heterocycles. The molecule has 11 heteroatoms. The third kappa shape index (κ3) is 8.56. The Kier molecular flexibility index (Phi) is 12.4. The highest BCUT2D eigenvalue weighted by molar-refractivity contribution is 5.44. The van der Waals surface area contributed by atoms with Crippen molar-refractivity contribution >= 4 is 12.1 Å². The van der Waals surface area contributed by atoms with Crippen molar-refractivity contribution in [3.8, 4) is 17.3 Å². The average Bonchev–Trinajstić information content (AvgIpc) is 3.55. The summed E-state index contributed by atoms with van der Waals surface area (Å²) in [6.07, 6.45) is 11.2. The number of ether oxygens (including phenoxy) is 2. The fourth-order valence-corrected chi connectivity index (χ4v) is 3.57. The molecule has 4 aromatic rings. The number of allylic oxidation sites excluding steroid dienone is 1. The second kappa shape index (κ2) is 15.8. The number of nitrogens with two attached hydrogens (primary N) is 1. The highest BCUT2D eigenvalue weighted by Gasteiger charge is 2.14. The minimum atomic E-state index is -0.286. The van der Waals surface area contributed by atoms with Crippen LogP contribution < -0.4 is 20.8 Å². The van der Waals surface area contributed by atoms with Crippen LogP contribution in [0.25, 0.3) is 12.0 Å². The van der Waals surface area contributed by atoms with Gasteiger partial charge in [-0.1, -0.05) is 46.8 Å². The van der Waals surface area contributed by atoms with Gasteiger partial charge in [0.1, 0.15) is 11.6 Å². The number of benzene rings is 1. The van der Waals surface area contributed by atoms with Crippen molar-refractivity contribution in [2.24, 2.45) is 0 Å². The molecule has 0 aliphatic heterocycles. The van der Waals surface area contributed by atoms with E-state index in [-0.39, 0.29) is 11.5 Å². The van der Waals surface area contributed by atoms with Gasteiger partial charge in [-0.15, -0.1) is 5.10 Å². The smallest absolute Gasteiger partial charge is 0.252 e. The number of rotatable bonds is 9. The lowest BCUT2D eigenvalue weighted by molar-refractivity contribution is 0.354. The summed E-state index contributed by atoms with van der Waals surface area (Å²) < 4.78 is 14.1. The van der Waals surface area contributed by atoms with E-state index >= 15 is 0 Å². The molecule has 0 amide bonds. The molecular formula is C28H40N8O3. The van der Waals surface area contributed by atoms with Crippen LogP contribution in [0.5, 0.6) is 11.5 Å². The fraction of sp³-hybridized carbons (Fsp3) is 0.393. The van der Waals surface area contributed by atoms with Crippen molar-refractivity contribution in [2.45, 2.75) is 60.3 Å². The molecular weight excluding hydrogens is 496 g/mol. The van der Waals surface area contributed by atoms with Gasteiger partial charge in [0.15, 0.2) is 17.3 Å². The fourth-order valence-electron chi connectivity index (χ4n) is 3.57. The Morgan fingerprint density at radius 3 is 2.36 bits per heavy atom. The van der Waals surface area contributed by atoms with Crippen molar-refractivity contribution in [1.82, 2.24) is 34.3 Å². The summed E-state index contributed by atoms with van der Waals surface area (Å²) in [5.74, 6) is 3.41. The number of aromatic nitrogens is 7. The molecule has 0 atom stereocenters. The van der Waals surface area contributed by atoms with Gasteiger partial charge < -0.3 is 24.8 Å². The molecule has 39 heavy (non-hydrogen) atoms. The van der Waals surface area contributed by atoms with Gasteiger partial charge >= 0.3 is 0 Å². The topological polar surface area (TPSA) is 139 Å². The molecule has 0 aliphatic rings. The van der Waals surface area contributed by atoms with Crippen LogP contribution in [0.15, 0.2) is 47.7 Å². The lowest BCUT2D eigenvalue weighted by Crippen LogP contribution is -2.12. The average molecular weight is 537 g/mol. The van der Waals surface area contributed by atoms with Crippen LogP contribution in [0.1, 0.15) is 63.9 Å². The zero-order valence-electron chi connectivity index (χ0n) is 23.9. The Hall–Kier alpha value is -4.41. The molecule has 0 unspecified atom stereocenters. The number of aryl methyl sites for hydroxylation is 2. The molecule has 4 rings (SSSR count). The van der Waals surface area contributed by atoms with Crippen LogP contribution in [-0.2, 0) is 19.3 Å². The number of nitrogens with zero attached hydrogens (tertiary/aromatic N) is 6. The third-order valence-corrected chi connectivity index (χ3v) is 5.42. The lowest BCUT2D eigenvalue weighted by Gasteiger charge is -2.09. The molecule has 0 spiro atoms.